The molecule has 4 rings (SSSR count). The zero-order valence-corrected chi connectivity index (χ0v) is 23.0. The third-order valence-electron chi connectivity index (χ3n) is 4.73. The summed E-state index contributed by atoms with van der Waals surface area (Å²) in [5, 5.41) is 0. The van der Waals surface area contributed by atoms with Crippen molar-refractivity contribution in [1.82, 2.24) is 0 Å². The normalized spacial score (nSPS) is 14.8. The molecule has 0 radical (unpaired) electrons. The first kappa shape index (κ1) is 24.3. The van der Waals surface area contributed by atoms with Crippen LogP contribution in [0.15, 0.2) is 76.1 Å². The lowest BCUT2D eigenvalue weighted by molar-refractivity contribution is -0.113. The quantitative estimate of drug-likeness (QED) is 0.151. The highest BCUT2D eigenvalue weighted by molar-refractivity contribution is 14.1. The predicted molar refractivity (Wildman–Crippen MR) is 151 cm³/mol. The van der Waals surface area contributed by atoms with Crippen molar-refractivity contribution in [3.8, 4) is 11.5 Å². The maximum Gasteiger partial charge on any atom is 0.270 e. The number of nitrogens with zero attached hydrogens (tertiary/aromatic N) is 1. The van der Waals surface area contributed by atoms with E-state index in [1.54, 1.807) is 4.90 Å². The largest absolute Gasteiger partial charge is 0.490 e. The monoisotopic (exact) mass is 651 g/mol. The van der Waals surface area contributed by atoms with E-state index < -0.39 is 0 Å². The average molecular weight is 652 g/mol. The third-order valence-corrected chi connectivity index (χ3v) is 7.34. The summed E-state index contributed by atoms with van der Waals surface area (Å²) in [4.78, 5) is 15.2. The molecule has 33 heavy (non-hydrogen) atoms. The molecule has 3 aromatic carbocycles. The van der Waals surface area contributed by atoms with Crippen molar-refractivity contribution in [1.29, 1.82) is 0 Å². The van der Waals surface area contributed by atoms with E-state index in [9.17, 15) is 4.79 Å². The lowest BCUT2D eigenvalue weighted by Gasteiger charge is -2.15. The van der Waals surface area contributed by atoms with Gasteiger partial charge in [0.2, 0.25) is 0 Å². The Morgan fingerprint density at radius 3 is 2.52 bits per heavy atom. The van der Waals surface area contributed by atoms with Gasteiger partial charge in [-0.15, -0.1) is 0 Å². The molecule has 1 aliphatic heterocycles. The number of carbonyl (C=O) groups is 1. The van der Waals surface area contributed by atoms with Gasteiger partial charge in [-0.1, -0.05) is 54.3 Å². The zero-order valence-electron chi connectivity index (χ0n) is 17.6. The molecule has 0 saturated carbocycles. The highest BCUT2D eigenvalue weighted by atomic mass is 127. The second-order valence-corrected chi connectivity index (χ2v) is 10.8. The number of rotatable bonds is 7. The van der Waals surface area contributed by atoms with Crippen LogP contribution in [0.4, 0.5) is 5.69 Å². The molecular formula is C25H19BrINO3S2. The lowest BCUT2D eigenvalue weighted by Crippen LogP contribution is -2.27. The molecule has 0 aliphatic carbocycles. The van der Waals surface area contributed by atoms with E-state index in [2.05, 4.69) is 38.5 Å². The minimum Gasteiger partial charge on any atom is -0.490 e. The summed E-state index contributed by atoms with van der Waals surface area (Å²) in [6.45, 7) is 2.84. The first-order valence-electron chi connectivity index (χ1n) is 10.1. The summed E-state index contributed by atoms with van der Waals surface area (Å²) in [7, 11) is 0. The summed E-state index contributed by atoms with van der Waals surface area (Å²) in [6.07, 6.45) is 1.83. The summed E-state index contributed by atoms with van der Waals surface area (Å²) < 4.78 is 14.4. The smallest absolute Gasteiger partial charge is 0.270 e. The second kappa shape index (κ2) is 11.0. The summed E-state index contributed by atoms with van der Waals surface area (Å²) >= 11 is 12.7. The van der Waals surface area contributed by atoms with Crippen molar-refractivity contribution >= 4 is 84.5 Å². The van der Waals surface area contributed by atoms with E-state index in [-0.39, 0.29) is 5.91 Å². The van der Waals surface area contributed by atoms with Gasteiger partial charge in [0.05, 0.1) is 21.7 Å². The van der Waals surface area contributed by atoms with Gasteiger partial charge in [0.25, 0.3) is 5.91 Å². The van der Waals surface area contributed by atoms with Crippen LogP contribution in [0.5, 0.6) is 11.5 Å². The zero-order chi connectivity index (χ0) is 23.4. The van der Waals surface area contributed by atoms with Crippen LogP contribution in [-0.2, 0) is 11.4 Å². The molecule has 0 atom stereocenters. The average Bonchev–Trinajstić information content (AvgIpc) is 3.08. The van der Waals surface area contributed by atoms with E-state index in [1.165, 1.54) is 15.3 Å². The van der Waals surface area contributed by atoms with Crippen LogP contribution in [0.2, 0.25) is 0 Å². The Morgan fingerprint density at radius 2 is 1.82 bits per heavy atom. The van der Waals surface area contributed by atoms with Gasteiger partial charge in [0.1, 0.15) is 6.61 Å². The molecule has 1 aliphatic rings. The Morgan fingerprint density at radius 1 is 1.09 bits per heavy atom. The number of halogens is 2. The molecule has 1 heterocycles. The highest BCUT2D eigenvalue weighted by Crippen LogP contribution is 2.40. The number of carbonyl (C=O) groups excluding carboxylic acids is 1. The lowest BCUT2D eigenvalue weighted by atomic mass is 10.1. The second-order valence-electron chi connectivity index (χ2n) is 7.03. The molecule has 0 bridgehead atoms. The highest BCUT2D eigenvalue weighted by Gasteiger charge is 2.33. The minimum absolute atomic E-state index is 0.135. The Hall–Kier alpha value is -1.88. The van der Waals surface area contributed by atoms with Gasteiger partial charge < -0.3 is 9.47 Å². The van der Waals surface area contributed by atoms with Gasteiger partial charge in [-0.25, -0.2) is 0 Å². The van der Waals surface area contributed by atoms with Gasteiger partial charge in [-0.3, -0.25) is 9.69 Å². The molecular weight excluding hydrogens is 633 g/mol. The van der Waals surface area contributed by atoms with Crippen molar-refractivity contribution in [3.05, 3.63) is 90.8 Å². The SMILES string of the molecule is CCOc1cc(/C=C2/SC(=S)N(c3ccccc3)C2=O)cc(Br)c1OCc1ccc(I)cc1. The number of ether oxygens (including phenoxy) is 2. The van der Waals surface area contributed by atoms with Crippen molar-refractivity contribution in [2.24, 2.45) is 0 Å². The Kier molecular flexibility index (Phi) is 8.11. The summed E-state index contributed by atoms with van der Waals surface area (Å²) in [6, 6.07) is 21.4. The molecule has 0 N–H and O–H groups in total. The fourth-order valence-electron chi connectivity index (χ4n) is 3.23. The first-order valence-corrected chi connectivity index (χ1v) is 13.2. The maximum atomic E-state index is 13.0. The third kappa shape index (κ3) is 5.79. The molecule has 0 spiro atoms. The number of amides is 1. The van der Waals surface area contributed by atoms with Crippen molar-refractivity contribution < 1.29 is 14.3 Å². The Bertz CT molecular complexity index is 1220. The molecule has 1 amide bonds. The maximum absolute atomic E-state index is 13.0. The van der Waals surface area contributed by atoms with Crippen LogP contribution in [0.1, 0.15) is 18.1 Å². The summed E-state index contributed by atoms with van der Waals surface area (Å²) in [5.74, 6) is 1.11. The number of hydrogen-bond donors (Lipinski definition) is 0. The first-order chi connectivity index (χ1) is 16.0. The predicted octanol–water partition coefficient (Wildman–Crippen LogP) is 7.44. The van der Waals surface area contributed by atoms with Crippen LogP contribution in [0.25, 0.3) is 6.08 Å². The van der Waals surface area contributed by atoms with Crippen LogP contribution < -0.4 is 14.4 Å². The van der Waals surface area contributed by atoms with Crippen LogP contribution >= 0.6 is 62.5 Å². The number of benzene rings is 3. The van der Waals surface area contributed by atoms with Gasteiger partial charge >= 0.3 is 0 Å². The molecule has 0 aromatic heterocycles. The van der Waals surface area contributed by atoms with Crippen molar-refractivity contribution in [3.63, 3.8) is 0 Å². The number of anilines is 1. The molecule has 3 aromatic rings. The van der Waals surface area contributed by atoms with Gasteiger partial charge in [0.15, 0.2) is 15.8 Å². The summed E-state index contributed by atoms with van der Waals surface area (Å²) in [5.41, 5.74) is 2.65. The fourth-order valence-corrected chi connectivity index (χ4v) is 5.46. The Balaban J connectivity index is 1.59. The molecule has 1 fully saturated rings. The number of thioether (sulfide) groups is 1. The van der Waals surface area contributed by atoms with E-state index in [0.29, 0.717) is 33.9 Å². The van der Waals surface area contributed by atoms with Crippen LogP contribution in [-0.4, -0.2) is 16.8 Å². The van der Waals surface area contributed by atoms with Crippen LogP contribution in [0, 0.1) is 3.57 Å². The standard InChI is InChI=1S/C25H19BrINO3S2/c1-2-30-21-13-17(12-20(26)23(21)31-15-16-8-10-18(27)11-9-16)14-22-24(29)28(25(32)33-22)19-6-4-3-5-7-19/h3-14H,2,15H2,1H3/b22-14+. The fraction of sp³-hybridized carbons (Fsp3) is 0.120. The minimum atomic E-state index is -0.135. The molecule has 0 unspecified atom stereocenters. The molecule has 4 nitrogen and oxygen atoms in total. The number of thiocarbonyl (C=S) groups is 1. The van der Waals surface area contributed by atoms with Crippen LogP contribution in [0.3, 0.4) is 0 Å². The molecule has 168 valence electrons. The van der Waals surface area contributed by atoms with Crippen molar-refractivity contribution in [2.45, 2.75) is 13.5 Å². The Labute approximate surface area is 224 Å². The molecule has 1 saturated heterocycles. The van der Waals surface area contributed by atoms with E-state index in [1.807, 2.05) is 79.7 Å². The van der Waals surface area contributed by atoms with E-state index in [0.717, 1.165) is 21.3 Å². The van der Waals surface area contributed by atoms with Gasteiger partial charge in [0, 0.05) is 3.57 Å². The number of hydrogen-bond acceptors (Lipinski definition) is 5. The van der Waals surface area contributed by atoms with Gasteiger partial charge in [-0.05, 0) is 99.0 Å². The van der Waals surface area contributed by atoms with Gasteiger partial charge in [-0.2, -0.15) is 0 Å². The topological polar surface area (TPSA) is 38.8 Å². The number of para-hydroxylation sites is 1. The molecule has 8 heteroatoms. The van der Waals surface area contributed by atoms with E-state index in [4.69, 9.17) is 21.7 Å². The van der Waals surface area contributed by atoms with E-state index >= 15 is 0 Å². The van der Waals surface area contributed by atoms with Crippen molar-refractivity contribution in [2.75, 3.05) is 11.5 Å².